The minimum absolute atomic E-state index is 0.0235. The molecule has 0 aliphatic carbocycles. The molecule has 1 aliphatic heterocycles. The number of amides is 1. The maximum Gasteiger partial charge on any atom is 0.250 e. The number of unbranched alkanes of at least 4 members (excludes halogenated alkanes) is 1. The highest BCUT2D eigenvalue weighted by Gasteiger charge is 2.39. The molecule has 0 spiro atoms. The maximum atomic E-state index is 13.4. The van der Waals surface area contributed by atoms with Crippen LogP contribution in [0.25, 0.3) is 5.69 Å². The van der Waals surface area contributed by atoms with E-state index >= 15 is 0 Å². The van der Waals surface area contributed by atoms with E-state index in [9.17, 15) is 4.79 Å². The van der Waals surface area contributed by atoms with Crippen molar-refractivity contribution < 1.29 is 9.53 Å². The highest BCUT2D eigenvalue weighted by molar-refractivity contribution is 6.05. The summed E-state index contributed by atoms with van der Waals surface area (Å²) >= 11 is 0. The highest BCUT2D eigenvalue weighted by atomic mass is 16.5. The maximum absolute atomic E-state index is 13.4. The summed E-state index contributed by atoms with van der Waals surface area (Å²) in [4.78, 5) is 31.1. The van der Waals surface area contributed by atoms with E-state index in [1.807, 2.05) is 54.6 Å². The molecule has 0 bridgehead atoms. The number of aryl methyl sites for hydroxylation is 1. The second kappa shape index (κ2) is 10.3. The van der Waals surface area contributed by atoms with Crippen molar-refractivity contribution in [3.63, 3.8) is 0 Å². The number of carbonyl (C=O) groups excluding carboxylic acids is 1. The third kappa shape index (κ3) is 4.80. The van der Waals surface area contributed by atoms with Crippen LogP contribution in [0.5, 0.6) is 5.75 Å². The van der Waals surface area contributed by atoms with Gasteiger partial charge in [0, 0.05) is 30.5 Å². The van der Waals surface area contributed by atoms with E-state index in [2.05, 4.69) is 34.0 Å². The van der Waals surface area contributed by atoms with Crippen LogP contribution in [-0.2, 0) is 4.79 Å². The Bertz CT molecular complexity index is 1190. The molecular formula is C26H35N7O2. The van der Waals surface area contributed by atoms with E-state index in [-0.39, 0.29) is 18.0 Å². The van der Waals surface area contributed by atoms with Crippen LogP contribution in [-0.4, -0.2) is 51.2 Å². The zero-order chi connectivity index (χ0) is 25.1. The average molecular weight is 478 g/mol. The minimum Gasteiger partial charge on any atom is -0.494 e. The number of anilines is 4. The molecule has 1 N–H and O–H groups in total. The first kappa shape index (κ1) is 24.5. The van der Waals surface area contributed by atoms with E-state index in [4.69, 9.17) is 9.72 Å². The van der Waals surface area contributed by atoms with Crippen molar-refractivity contribution in [1.29, 1.82) is 0 Å². The van der Waals surface area contributed by atoms with E-state index in [0.717, 1.165) is 47.8 Å². The first-order valence-corrected chi connectivity index (χ1v) is 12.3. The summed E-state index contributed by atoms with van der Waals surface area (Å²) in [6.45, 7) is 10.9. The molecule has 1 aliphatic rings. The largest absolute Gasteiger partial charge is 0.494 e. The fraction of sp³-hybridized carbons (Fsp3) is 0.462. The van der Waals surface area contributed by atoms with Crippen LogP contribution in [0.4, 0.5) is 23.1 Å². The molecule has 35 heavy (non-hydrogen) atoms. The van der Waals surface area contributed by atoms with Gasteiger partial charge in [-0.05, 0) is 46.2 Å². The van der Waals surface area contributed by atoms with Gasteiger partial charge in [0.05, 0.1) is 31.0 Å². The molecule has 3 heterocycles. The number of likely N-dealkylation sites (N-methyl/N-ethyl adjacent to an activating group) is 1. The van der Waals surface area contributed by atoms with Gasteiger partial charge in [-0.3, -0.25) is 4.79 Å². The van der Waals surface area contributed by atoms with Gasteiger partial charge < -0.3 is 24.4 Å². The van der Waals surface area contributed by atoms with Gasteiger partial charge in [-0.15, -0.1) is 0 Å². The van der Waals surface area contributed by atoms with Crippen molar-refractivity contribution >= 4 is 29.0 Å². The predicted octanol–water partition coefficient (Wildman–Crippen LogP) is 4.86. The van der Waals surface area contributed by atoms with Crippen molar-refractivity contribution in [2.45, 2.75) is 66.0 Å². The zero-order valence-electron chi connectivity index (χ0n) is 21.4. The number of carbonyl (C=O) groups is 1. The summed E-state index contributed by atoms with van der Waals surface area (Å²) in [6, 6.07) is 5.66. The molecule has 9 heteroatoms. The molecule has 0 saturated heterocycles. The SMILES string of the molecule is CCCCC1C(=O)N(C(C)C)c2cnc(Nc3ccc(-n4cnc(C)c4)c(OC)c3)nc2N1CC. The topological polar surface area (TPSA) is 88.4 Å². The van der Waals surface area contributed by atoms with Crippen molar-refractivity contribution in [3.05, 3.63) is 42.6 Å². The van der Waals surface area contributed by atoms with E-state index < -0.39 is 0 Å². The van der Waals surface area contributed by atoms with Gasteiger partial charge in [0.2, 0.25) is 11.9 Å². The molecule has 1 aromatic carbocycles. The summed E-state index contributed by atoms with van der Waals surface area (Å²) in [5.74, 6) is 2.10. The Morgan fingerprint density at radius 3 is 2.60 bits per heavy atom. The lowest BCUT2D eigenvalue weighted by Gasteiger charge is -2.43. The quantitative estimate of drug-likeness (QED) is 0.471. The van der Waals surface area contributed by atoms with Gasteiger partial charge in [0.25, 0.3) is 0 Å². The van der Waals surface area contributed by atoms with Crippen LogP contribution in [0.15, 0.2) is 36.9 Å². The summed E-state index contributed by atoms with van der Waals surface area (Å²) < 4.78 is 7.57. The first-order chi connectivity index (χ1) is 16.9. The van der Waals surface area contributed by atoms with E-state index in [0.29, 0.717) is 18.2 Å². The summed E-state index contributed by atoms with van der Waals surface area (Å²) in [6.07, 6.45) is 8.32. The number of benzene rings is 1. The van der Waals surface area contributed by atoms with E-state index in [1.54, 1.807) is 19.6 Å². The number of ether oxygens (including phenoxy) is 1. The number of fused-ring (bicyclic) bond motifs is 1. The molecular weight excluding hydrogens is 442 g/mol. The number of nitrogens with zero attached hydrogens (tertiary/aromatic N) is 6. The fourth-order valence-corrected chi connectivity index (χ4v) is 4.60. The Hall–Kier alpha value is -3.62. The molecule has 4 rings (SSSR count). The summed E-state index contributed by atoms with van der Waals surface area (Å²) in [5.41, 5.74) is 3.39. The van der Waals surface area contributed by atoms with Gasteiger partial charge in [-0.2, -0.15) is 4.98 Å². The van der Waals surface area contributed by atoms with Gasteiger partial charge in [-0.1, -0.05) is 19.8 Å². The number of hydrogen-bond acceptors (Lipinski definition) is 7. The molecule has 3 aromatic rings. The number of imidazole rings is 1. The van der Waals surface area contributed by atoms with Crippen molar-refractivity contribution in [2.75, 3.05) is 28.8 Å². The molecule has 1 amide bonds. The van der Waals surface area contributed by atoms with E-state index in [1.165, 1.54) is 0 Å². The van der Waals surface area contributed by atoms with Crippen LogP contribution >= 0.6 is 0 Å². The van der Waals surface area contributed by atoms with Gasteiger partial charge in [0.15, 0.2) is 5.82 Å². The zero-order valence-corrected chi connectivity index (χ0v) is 21.4. The Labute approximate surface area is 207 Å². The van der Waals surface area contributed by atoms with Crippen LogP contribution in [0.2, 0.25) is 0 Å². The predicted molar refractivity (Wildman–Crippen MR) is 139 cm³/mol. The Morgan fingerprint density at radius 2 is 1.97 bits per heavy atom. The third-order valence-corrected chi connectivity index (χ3v) is 6.29. The Balaban J connectivity index is 1.67. The molecule has 9 nitrogen and oxygen atoms in total. The monoisotopic (exact) mass is 477 g/mol. The molecule has 186 valence electrons. The number of aromatic nitrogens is 4. The number of rotatable bonds is 9. The number of hydrogen-bond donors (Lipinski definition) is 1. The molecule has 0 saturated carbocycles. The van der Waals surface area contributed by atoms with Crippen LogP contribution in [0.1, 0.15) is 52.7 Å². The second-order valence-electron chi connectivity index (χ2n) is 9.08. The first-order valence-electron chi connectivity index (χ1n) is 12.3. The number of nitrogens with one attached hydrogen (secondary N) is 1. The van der Waals surface area contributed by atoms with Gasteiger partial charge >= 0.3 is 0 Å². The normalized spacial score (nSPS) is 15.5. The van der Waals surface area contributed by atoms with Crippen molar-refractivity contribution in [1.82, 2.24) is 19.5 Å². The van der Waals surface area contributed by atoms with Crippen LogP contribution in [0.3, 0.4) is 0 Å². The Kier molecular flexibility index (Phi) is 7.23. The third-order valence-electron chi connectivity index (χ3n) is 6.29. The lowest BCUT2D eigenvalue weighted by atomic mass is 10.0. The van der Waals surface area contributed by atoms with Crippen molar-refractivity contribution in [3.8, 4) is 11.4 Å². The van der Waals surface area contributed by atoms with Crippen molar-refractivity contribution in [2.24, 2.45) is 0 Å². The fourth-order valence-electron chi connectivity index (χ4n) is 4.60. The molecule has 0 fully saturated rings. The average Bonchev–Trinajstić information content (AvgIpc) is 3.28. The summed E-state index contributed by atoms with van der Waals surface area (Å²) in [5, 5.41) is 3.31. The van der Waals surface area contributed by atoms with Gasteiger partial charge in [0.1, 0.15) is 17.5 Å². The number of methoxy groups -OCH3 is 1. The Morgan fingerprint density at radius 1 is 1.17 bits per heavy atom. The molecule has 1 unspecified atom stereocenters. The summed E-state index contributed by atoms with van der Waals surface area (Å²) in [7, 11) is 1.65. The second-order valence-corrected chi connectivity index (χ2v) is 9.08. The molecule has 2 aromatic heterocycles. The lowest BCUT2D eigenvalue weighted by Crippen LogP contribution is -2.56. The lowest BCUT2D eigenvalue weighted by molar-refractivity contribution is -0.120. The highest BCUT2D eigenvalue weighted by Crippen LogP contribution is 2.38. The molecule has 0 radical (unpaired) electrons. The van der Waals surface area contributed by atoms with Crippen LogP contribution < -0.4 is 19.9 Å². The molecule has 1 atom stereocenters. The van der Waals surface area contributed by atoms with Gasteiger partial charge in [-0.25, -0.2) is 9.97 Å². The smallest absolute Gasteiger partial charge is 0.250 e. The standard InChI is InChI=1S/C26H35N7O2/c1-7-9-10-21-25(34)33(17(3)4)22-14-27-26(30-24(22)32(21)8-2)29-19-11-12-20(23(13-19)35-6)31-15-18(5)28-16-31/h11-17,21H,7-10H2,1-6H3,(H,27,29,30). The van der Waals surface area contributed by atoms with Crippen LogP contribution in [0, 0.1) is 6.92 Å². The minimum atomic E-state index is -0.212.